The van der Waals surface area contributed by atoms with Gasteiger partial charge < -0.3 is 5.32 Å². The van der Waals surface area contributed by atoms with E-state index in [9.17, 15) is 8.78 Å². The molecule has 0 aliphatic carbocycles. The van der Waals surface area contributed by atoms with Gasteiger partial charge in [0.1, 0.15) is 0 Å². The summed E-state index contributed by atoms with van der Waals surface area (Å²) in [6.07, 6.45) is 2.33. The molecule has 0 saturated carbocycles. The number of hydrogen-bond donors (Lipinski definition) is 1. The summed E-state index contributed by atoms with van der Waals surface area (Å²) in [6.45, 7) is 2.68. The first-order valence-corrected chi connectivity index (χ1v) is 6.02. The van der Waals surface area contributed by atoms with Crippen LogP contribution in [0.3, 0.4) is 0 Å². The molecule has 1 unspecified atom stereocenters. The van der Waals surface area contributed by atoms with Crippen molar-refractivity contribution < 1.29 is 8.78 Å². The molecule has 1 atom stereocenters. The van der Waals surface area contributed by atoms with E-state index in [2.05, 4.69) is 10.2 Å². The molecule has 1 N–H and O–H groups in total. The van der Waals surface area contributed by atoms with Crippen LogP contribution < -0.4 is 5.32 Å². The number of benzene rings is 1. The number of hydrogen-bond acceptors (Lipinski definition) is 2. The van der Waals surface area contributed by atoms with E-state index in [0.29, 0.717) is 12.6 Å². The van der Waals surface area contributed by atoms with E-state index in [-0.39, 0.29) is 12.4 Å². The zero-order chi connectivity index (χ0) is 12.3. The Morgan fingerprint density at radius 3 is 2.78 bits per heavy atom. The molecule has 0 amide bonds. The quantitative estimate of drug-likeness (QED) is 0.913. The summed E-state index contributed by atoms with van der Waals surface area (Å²) < 4.78 is 25.9. The minimum atomic E-state index is -0.777. The SMILES string of the molecule is CNC1CCCN(Cc2ccc(F)c(F)c2)C1.Cl. The highest BCUT2D eigenvalue weighted by atomic mass is 35.5. The summed E-state index contributed by atoms with van der Waals surface area (Å²) in [5.74, 6) is -1.54. The van der Waals surface area contributed by atoms with Crippen LogP contribution in [0, 0.1) is 11.6 Å². The Morgan fingerprint density at radius 1 is 1.33 bits per heavy atom. The van der Waals surface area contributed by atoms with E-state index in [0.717, 1.165) is 25.1 Å². The van der Waals surface area contributed by atoms with Gasteiger partial charge in [0.15, 0.2) is 11.6 Å². The molecule has 1 aromatic rings. The molecule has 0 spiro atoms. The Labute approximate surface area is 113 Å². The first-order chi connectivity index (χ1) is 8.19. The molecule has 1 aliphatic heterocycles. The second kappa shape index (κ2) is 7.02. The predicted octanol–water partition coefficient (Wildman–Crippen LogP) is 2.57. The third-order valence-corrected chi connectivity index (χ3v) is 3.30. The zero-order valence-electron chi connectivity index (χ0n) is 10.5. The number of piperidine rings is 1. The van der Waals surface area contributed by atoms with Gasteiger partial charge in [-0.3, -0.25) is 4.90 Å². The number of nitrogens with zero attached hydrogens (tertiary/aromatic N) is 1. The van der Waals surface area contributed by atoms with Crippen LogP contribution in [-0.4, -0.2) is 31.1 Å². The maximum atomic E-state index is 13.1. The summed E-state index contributed by atoms with van der Waals surface area (Å²) in [5, 5.41) is 3.26. The normalized spacial score (nSPS) is 20.5. The van der Waals surface area contributed by atoms with Gasteiger partial charge in [0.05, 0.1) is 0 Å². The fourth-order valence-corrected chi connectivity index (χ4v) is 2.33. The van der Waals surface area contributed by atoms with Gasteiger partial charge in [-0.05, 0) is 44.1 Å². The lowest BCUT2D eigenvalue weighted by molar-refractivity contribution is 0.187. The van der Waals surface area contributed by atoms with Crippen molar-refractivity contribution in [3.63, 3.8) is 0 Å². The molecule has 102 valence electrons. The monoisotopic (exact) mass is 276 g/mol. The highest BCUT2D eigenvalue weighted by molar-refractivity contribution is 5.85. The van der Waals surface area contributed by atoms with Gasteiger partial charge in [-0.2, -0.15) is 0 Å². The average Bonchev–Trinajstić information content (AvgIpc) is 2.34. The molecular weight excluding hydrogens is 258 g/mol. The summed E-state index contributed by atoms with van der Waals surface area (Å²) in [4.78, 5) is 2.28. The zero-order valence-corrected chi connectivity index (χ0v) is 11.3. The van der Waals surface area contributed by atoms with Gasteiger partial charge >= 0.3 is 0 Å². The van der Waals surface area contributed by atoms with Crippen LogP contribution in [-0.2, 0) is 6.54 Å². The highest BCUT2D eigenvalue weighted by Gasteiger charge is 2.18. The Kier molecular flexibility index (Phi) is 5.99. The Bertz CT molecular complexity index is 387. The molecule has 1 aromatic carbocycles. The largest absolute Gasteiger partial charge is 0.316 e. The van der Waals surface area contributed by atoms with Gasteiger partial charge in [0.25, 0.3) is 0 Å². The number of nitrogens with one attached hydrogen (secondary N) is 1. The van der Waals surface area contributed by atoms with Crippen molar-refractivity contribution in [3.8, 4) is 0 Å². The maximum Gasteiger partial charge on any atom is 0.159 e. The third-order valence-electron chi connectivity index (χ3n) is 3.30. The van der Waals surface area contributed by atoms with Gasteiger partial charge in [-0.1, -0.05) is 6.07 Å². The van der Waals surface area contributed by atoms with Gasteiger partial charge in [0.2, 0.25) is 0 Å². The van der Waals surface area contributed by atoms with Crippen molar-refractivity contribution >= 4 is 12.4 Å². The van der Waals surface area contributed by atoms with Crippen molar-refractivity contribution in [2.24, 2.45) is 0 Å². The summed E-state index contributed by atoms with van der Waals surface area (Å²) in [7, 11) is 1.96. The lowest BCUT2D eigenvalue weighted by Gasteiger charge is -2.32. The molecule has 5 heteroatoms. The molecule has 1 heterocycles. The fraction of sp³-hybridized carbons (Fsp3) is 0.538. The smallest absolute Gasteiger partial charge is 0.159 e. The molecule has 0 aromatic heterocycles. The number of likely N-dealkylation sites (tertiary alicyclic amines) is 1. The van der Waals surface area contributed by atoms with E-state index >= 15 is 0 Å². The topological polar surface area (TPSA) is 15.3 Å². The Balaban J connectivity index is 0.00000162. The van der Waals surface area contributed by atoms with Crippen LogP contribution in [0.5, 0.6) is 0 Å². The average molecular weight is 277 g/mol. The van der Waals surface area contributed by atoms with Crippen molar-refractivity contribution in [1.82, 2.24) is 10.2 Å². The first-order valence-electron chi connectivity index (χ1n) is 6.02. The van der Waals surface area contributed by atoms with Crippen LogP contribution in [0.4, 0.5) is 8.78 Å². The van der Waals surface area contributed by atoms with Crippen LogP contribution in [0.25, 0.3) is 0 Å². The molecule has 2 nitrogen and oxygen atoms in total. The minimum absolute atomic E-state index is 0. The Morgan fingerprint density at radius 2 is 2.11 bits per heavy atom. The van der Waals surface area contributed by atoms with E-state index < -0.39 is 11.6 Å². The lowest BCUT2D eigenvalue weighted by Crippen LogP contribution is -2.43. The molecule has 1 aliphatic rings. The van der Waals surface area contributed by atoms with E-state index in [1.165, 1.54) is 18.6 Å². The van der Waals surface area contributed by atoms with Crippen molar-refractivity contribution in [3.05, 3.63) is 35.4 Å². The first kappa shape index (κ1) is 15.3. The third kappa shape index (κ3) is 3.90. The molecular formula is C13H19ClF2N2. The molecule has 2 rings (SSSR count). The molecule has 1 saturated heterocycles. The number of likely N-dealkylation sites (N-methyl/N-ethyl adjacent to an activating group) is 1. The van der Waals surface area contributed by atoms with Crippen LogP contribution in [0.1, 0.15) is 18.4 Å². The minimum Gasteiger partial charge on any atom is -0.316 e. The fourth-order valence-electron chi connectivity index (χ4n) is 2.33. The number of rotatable bonds is 3. The predicted molar refractivity (Wildman–Crippen MR) is 71.0 cm³/mol. The van der Waals surface area contributed by atoms with E-state index in [4.69, 9.17) is 0 Å². The van der Waals surface area contributed by atoms with E-state index in [1.54, 1.807) is 6.07 Å². The van der Waals surface area contributed by atoms with E-state index in [1.807, 2.05) is 7.05 Å². The summed E-state index contributed by atoms with van der Waals surface area (Å²) >= 11 is 0. The standard InChI is InChI=1S/C13H18F2N2.ClH/c1-16-11-3-2-6-17(9-11)8-10-4-5-12(14)13(15)7-10;/h4-5,7,11,16H,2-3,6,8-9H2,1H3;1H. The lowest BCUT2D eigenvalue weighted by atomic mass is 10.1. The second-order valence-corrected chi connectivity index (χ2v) is 4.61. The summed E-state index contributed by atoms with van der Waals surface area (Å²) in [5.41, 5.74) is 0.834. The second-order valence-electron chi connectivity index (χ2n) is 4.61. The van der Waals surface area contributed by atoms with Crippen LogP contribution in [0.15, 0.2) is 18.2 Å². The van der Waals surface area contributed by atoms with Crippen molar-refractivity contribution in [2.45, 2.75) is 25.4 Å². The van der Waals surface area contributed by atoms with Crippen molar-refractivity contribution in [1.29, 1.82) is 0 Å². The van der Waals surface area contributed by atoms with Crippen LogP contribution in [0.2, 0.25) is 0 Å². The molecule has 1 fully saturated rings. The van der Waals surface area contributed by atoms with Gasteiger partial charge in [-0.15, -0.1) is 12.4 Å². The maximum absolute atomic E-state index is 13.1. The van der Waals surface area contributed by atoms with Gasteiger partial charge in [0, 0.05) is 19.1 Å². The van der Waals surface area contributed by atoms with Crippen LogP contribution >= 0.6 is 12.4 Å². The summed E-state index contributed by atoms with van der Waals surface area (Å²) in [6, 6.07) is 4.65. The molecule has 0 bridgehead atoms. The molecule has 0 radical (unpaired) electrons. The van der Waals surface area contributed by atoms with Gasteiger partial charge in [-0.25, -0.2) is 8.78 Å². The van der Waals surface area contributed by atoms with Crippen molar-refractivity contribution in [2.75, 3.05) is 20.1 Å². The Hall–Kier alpha value is -0.710. The molecule has 18 heavy (non-hydrogen) atoms. The highest BCUT2D eigenvalue weighted by Crippen LogP contribution is 2.15. The number of halogens is 3.